The van der Waals surface area contributed by atoms with Crippen LogP contribution in [0.2, 0.25) is 0 Å². The van der Waals surface area contributed by atoms with E-state index in [4.69, 9.17) is 4.74 Å². The number of hydrogen-bond donors (Lipinski definition) is 1. The molecule has 2 heteroatoms. The van der Waals surface area contributed by atoms with Gasteiger partial charge in [0.25, 0.3) is 0 Å². The van der Waals surface area contributed by atoms with Gasteiger partial charge in [-0.25, -0.2) is 0 Å². The first kappa shape index (κ1) is 11.6. The molecule has 1 N–H and O–H groups in total. The fraction of sp³-hybridized carbons (Fsp3) is 0.222. The lowest BCUT2D eigenvalue weighted by molar-refractivity contribution is 0.283. The molecule has 0 radical (unpaired) electrons. The van der Waals surface area contributed by atoms with Gasteiger partial charge in [0.05, 0.1) is 5.54 Å². The molecule has 2 heterocycles. The van der Waals surface area contributed by atoms with Gasteiger partial charge in [0.15, 0.2) is 0 Å². The average Bonchev–Trinajstić information content (AvgIpc) is 2.84. The molecule has 0 amide bonds. The summed E-state index contributed by atoms with van der Waals surface area (Å²) in [5.41, 5.74) is 6.18. The number of hydrogen-bond acceptors (Lipinski definition) is 2. The minimum atomic E-state index is -0.0573. The zero-order valence-electron chi connectivity index (χ0n) is 11.7. The van der Waals surface area contributed by atoms with E-state index >= 15 is 0 Å². The third-order valence-corrected chi connectivity index (χ3v) is 3.96. The second-order valence-corrected chi connectivity index (χ2v) is 6.02. The Morgan fingerprint density at radius 3 is 2.65 bits per heavy atom. The molecule has 2 aromatic carbocycles. The molecule has 0 spiro atoms. The second kappa shape index (κ2) is 3.89. The van der Waals surface area contributed by atoms with Gasteiger partial charge >= 0.3 is 0 Å². The van der Waals surface area contributed by atoms with Gasteiger partial charge in [-0.3, -0.25) is 0 Å². The number of anilines is 1. The molecule has 0 bridgehead atoms. The third-order valence-electron chi connectivity index (χ3n) is 3.96. The molecule has 0 atom stereocenters. The van der Waals surface area contributed by atoms with Crippen molar-refractivity contribution >= 4 is 11.4 Å². The number of rotatable bonds is 1. The maximum atomic E-state index is 5.92. The van der Waals surface area contributed by atoms with Crippen LogP contribution in [0.3, 0.4) is 0 Å². The van der Waals surface area contributed by atoms with E-state index in [0.29, 0.717) is 6.61 Å². The Hall–Kier alpha value is -2.22. The van der Waals surface area contributed by atoms with Crippen molar-refractivity contribution in [3.8, 4) is 11.1 Å². The predicted molar refractivity (Wildman–Crippen MR) is 82.3 cm³/mol. The summed E-state index contributed by atoms with van der Waals surface area (Å²) in [6.07, 6.45) is 2.18. The highest BCUT2D eigenvalue weighted by atomic mass is 16.5. The van der Waals surface area contributed by atoms with Crippen molar-refractivity contribution in [2.24, 2.45) is 0 Å². The van der Waals surface area contributed by atoms with E-state index < -0.39 is 0 Å². The molecule has 4 rings (SSSR count). The van der Waals surface area contributed by atoms with E-state index in [9.17, 15) is 0 Å². The lowest BCUT2D eigenvalue weighted by Crippen LogP contribution is -2.31. The van der Waals surface area contributed by atoms with Gasteiger partial charge in [-0.05, 0) is 37.1 Å². The van der Waals surface area contributed by atoms with Gasteiger partial charge in [0.2, 0.25) is 0 Å². The molecule has 0 saturated carbocycles. The molecule has 100 valence electrons. The average molecular weight is 263 g/mol. The minimum absolute atomic E-state index is 0.0573. The monoisotopic (exact) mass is 263 g/mol. The molecule has 0 aliphatic carbocycles. The zero-order valence-corrected chi connectivity index (χ0v) is 11.7. The summed E-state index contributed by atoms with van der Waals surface area (Å²) in [5, 5.41) is 3.57. The molecule has 2 aromatic rings. The maximum absolute atomic E-state index is 5.92. The van der Waals surface area contributed by atoms with Crippen molar-refractivity contribution in [2.45, 2.75) is 26.0 Å². The predicted octanol–water partition coefficient (Wildman–Crippen LogP) is 4.43. The van der Waals surface area contributed by atoms with Crippen LogP contribution in [0.1, 0.15) is 25.0 Å². The molecule has 2 aliphatic rings. The molecule has 20 heavy (non-hydrogen) atoms. The molecule has 0 unspecified atom stereocenters. The molecule has 2 nitrogen and oxygen atoms in total. The first-order chi connectivity index (χ1) is 9.64. The van der Waals surface area contributed by atoms with Crippen LogP contribution in [0.15, 0.2) is 48.5 Å². The fourth-order valence-electron chi connectivity index (χ4n) is 3.12. The van der Waals surface area contributed by atoms with Gasteiger partial charge in [-0.2, -0.15) is 0 Å². The van der Waals surface area contributed by atoms with Crippen LogP contribution in [0.25, 0.3) is 16.9 Å². The quantitative estimate of drug-likeness (QED) is 0.821. The fourth-order valence-corrected chi connectivity index (χ4v) is 3.12. The Labute approximate surface area is 119 Å². The summed E-state index contributed by atoms with van der Waals surface area (Å²) in [7, 11) is 0. The van der Waals surface area contributed by atoms with Crippen LogP contribution in [-0.2, 0) is 11.3 Å². The summed E-state index contributed by atoms with van der Waals surface area (Å²) < 4.78 is 5.92. The van der Waals surface area contributed by atoms with Crippen molar-refractivity contribution in [3.63, 3.8) is 0 Å². The van der Waals surface area contributed by atoms with Gasteiger partial charge < -0.3 is 10.1 Å². The Morgan fingerprint density at radius 1 is 1.05 bits per heavy atom. The van der Waals surface area contributed by atoms with Crippen LogP contribution < -0.4 is 5.32 Å². The largest absolute Gasteiger partial charge is 0.488 e. The van der Waals surface area contributed by atoms with Crippen LogP contribution in [0, 0.1) is 0 Å². The number of nitrogens with one attached hydrogen (secondary N) is 1. The zero-order chi connectivity index (χ0) is 13.7. The topological polar surface area (TPSA) is 21.3 Å². The number of ether oxygens (including phenoxy) is 1. The van der Waals surface area contributed by atoms with Crippen molar-refractivity contribution < 1.29 is 4.74 Å². The summed E-state index contributed by atoms with van der Waals surface area (Å²) in [6, 6.07) is 14.9. The van der Waals surface area contributed by atoms with E-state index in [1.54, 1.807) is 0 Å². The summed E-state index contributed by atoms with van der Waals surface area (Å²) in [5.74, 6) is 1.02. The van der Waals surface area contributed by atoms with Gasteiger partial charge in [0, 0.05) is 16.8 Å². The second-order valence-electron chi connectivity index (χ2n) is 6.02. The third kappa shape index (κ3) is 1.64. The first-order valence-corrected chi connectivity index (χ1v) is 7.00. The standard InChI is InChI=1S/C18H17NO/c1-18(2)10-16-17-14(11-20-16)13(8-9-15(17)19-18)12-6-4-3-5-7-12/h3-10,19H,11H2,1-2H3. The molecular formula is C18H17NO. The van der Waals surface area contributed by atoms with Crippen molar-refractivity contribution in [2.75, 3.05) is 5.32 Å². The number of benzene rings is 2. The Bertz CT molecular complexity index is 714. The Balaban J connectivity index is 1.93. The highest BCUT2D eigenvalue weighted by molar-refractivity contribution is 5.87. The SMILES string of the molecule is CC1(C)C=C2OCc3c(-c4ccccc4)ccc(c32)N1. The summed E-state index contributed by atoms with van der Waals surface area (Å²) >= 11 is 0. The van der Waals surface area contributed by atoms with Crippen LogP contribution in [-0.4, -0.2) is 5.54 Å². The first-order valence-electron chi connectivity index (χ1n) is 7.00. The van der Waals surface area contributed by atoms with Crippen molar-refractivity contribution in [1.82, 2.24) is 0 Å². The van der Waals surface area contributed by atoms with Gasteiger partial charge in [-0.15, -0.1) is 0 Å². The molecule has 0 saturated heterocycles. The molecule has 0 fully saturated rings. The van der Waals surface area contributed by atoms with Crippen molar-refractivity contribution in [1.29, 1.82) is 0 Å². The minimum Gasteiger partial charge on any atom is -0.488 e. The van der Waals surface area contributed by atoms with Crippen molar-refractivity contribution in [3.05, 3.63) is 59.7 Å². The summed E-state index contributed by atoms with van der Waals surface area (Å²) in [4.78, 5) is 0. The van der Waals surface area contributed by atoms with E-state index in [0.717, 1.165) is 5.76 Å². The molecular weight excluding hydrogens is 246 g/mol. The molecule has 2 aliphatic heterocycles. The van der Waals surface area contributed by atoms with E-state index in [2.05, 4.69) is 61.6 Å². The van der Waals surface area contributed by atoms with Gasteiger partial charge in [-0.1, -0.05) is 36.4 Å². The Morgan fingerprint density at radius 2 is 1.85 bits per heavy atom. The van der Waals surface area contributed by atoms with Crippen LogP contribution in [0.5, 0.6) is 0 Å². The smallest absolute Gasteiger partial charge is 0.127 e. The highest BCUT2D eigenvalue weighted by Gasteiger charge is 2.32. The lowest BCUT2D eigenvalue weighted by atomic mass is 9.90. The normalized spacial score (nSPS) is 17.8. The highest BCUT2D eigenvalue weighted by Crippen LogP contribution is 2.45. The van der Waals surface area contributed by atoms with E-state index in [-0.39, 0.29) is 5.54 Å². The maximum Gasteiger partial charge on any atom is 0.127 e. The van der Waals surface area contributed by atoms with E-state index in [1.807, 2.05) is 6.07 Å². The Kier molecular flexibility index (Phi) is 2.25. The van der Waals surface area contributed by atoms with Gasteiger partial charge in [0.1, 0.15) is 12.4 Å². The van der Waals surface area contributed by atoms with Crippen LogP contribution >= 0.6 is 0 Å². The lowest BCUT2D eigenvalue weighted by Gasteiger charge is -2.30. The van der Waals surface area contributed by atoms with Crippen LogP contribution in [0.4, 0.5) is 5.69 Å². The molecule has 0 aromatic heterocycles. The summed E-state index contributed by atoms with van der Waals surface area (Å²) in [6.45, 7) is 4.99. The van der Waals surface area contributed by atoms with E-state index in [1.165, 1.54) is 27.9 Å².